The Hall–Kier alpha value is -2.28. The molecule has 172 valence electrons. The Morgan fingerprint density at radius 3 is 2.16 bits per heavy atom. The van der Waals surface area contributed by atoms with Crippen LogP contribution in [-0.2, 0) is 17.8 Å². The second kappa shape index (κ2) is 11.0. The van der Waals surface area contributed by atoms with E-state index >= 15 is 0 Å². The summed E-state index contributed by atoms with van der Waals surface area (Å²) in [6, 6.07) is 15.9. The van der Waals surface area contributed by atoms with Crippen LogP contribution in [0.2, 0.25) is 0 Å². The van der Waals surface area contributed by atoms with Crippen molar-refractivity contribution in [3.05, 3.63) is 71.0 Å². The summed E-state index contributed by atoms with van der Waals surface area (Å²) in [6.45, 7) is 11.2. The zero-order valence-electron chi connectivity index (χ0n) is 19.2. The van der Waals surface area contributed by atoms with Crippen molar-refractivity contribution in [2.45, 2.75) is 19.9 Å². The molecule has 0 atom stereocenters. The lowest BCUT2D eigenvalue weighted by Gasteiger charge is -2.38. The summed E-state index contributed by atoms with van der Waals surface area (Å²) < 4.78 is 14.1. The summed E-state index contributed by atoms with van der Waals surface area (Å²) in [7, 11) is 0. The third-order valence-corrected chi connectivity index (χ3v) is 6.84. The van der Waals surface area contributed by atoms with Gasteiger partial charge in [0.1, 0.15) is 5.82 Å². The fraction of sp³-hybridized carbons (Fsp3) is 0.500. The molecule has 0 N–H and O–H groups in total. The zero-order valence-corrected chi connectivity index (χ0v) is 19.2. The molecular formula is C26H35FN4O. The summed E-state index contributed by atoms with van der Waals surface area (Å²) in [5, 5.41) is 0. The second-order valence-electron chi connectivity index (χ2n) is 9.05. The Morgan fingerprint density at radius 2 is 1.47 bits per heavy atom. The first-order valence-electron chi connectivity index (χ1n) is 11.8. The Bertz CT molecular complexity index is 854. The Balaban J connectivity index is 1.16. The van der Waals surface area contributed by atoms with E-state index in [-0.39, 0.29) is 11.7 Å². The van der Waals surface area contributed by atoms with Gasteiger partial charge in [-0.3, -0.25) is 14.6 Å². The number of hydrogen-bond acceptors (Lipinski definition) is 4. The van der Waals surface area contributed by atoms with Crippen molar-refractivity contribution in [2.24, 2.45) is 0 Å². The quantitative estimate of drug-likeness (QED) is 0.665. The van der Waals surface area contributed by atoms with E-state index in [1.54, 1.807) is 6.07 Å². The molecule has 0 radical (unpaired) electrons. The zero-order chi connectivity index (χ0) is 22.3. The van der Waals surface area contributed by atoms with E-state index in [9.17, 15) is 9.18 Å². The molecule has 0 aliphatic carbocycles. The minimum Gasteiger partial charge on any atom is -0.339 e. The number of halogens is 1. The first-order chi connectivity index (χ1) is 15.6. The van der Waals surface area contributed by atoms with Crippen molar-refractivity contribution < 1.29 is 9.18 Å². The van der Waals surface area contributed by atoms with Gasteiger partial charge in [-0.25, -0.2) is 4.39 Å². The predicted molar refractivity (Wildman–Crippen MR) is 126 cm³/mol. The standard InChI is InChI=1S/C26H35FN4O/c1-22-6-5-9-25(27)24(22)20-29-16-18-31(19-17-29)26(32)21-30-14-12-28(13-15-30)11-10-23-7-3-2-4-8-23/h2-9H,10-21H2,1H3. The fourth-order valence-corrected chi connectivity index (χ4v) is 4.64. The Labute approximate surface area is 191 Å². The van der Waals surface area contributed by atoms with Gasteiger partial charge in [-0.2, -0.15) is 0 Å². The van der Waals surface area contributed by atoms with Crippen molar-refractivity contribution in [3.63, 3.8) is 0 Å². The fourth-order valence-electron chi connectivity index (χ4n) is 4.64. The van der Waals surface area contributed by atoms with E-state index in [0.717, 1.165) is 76.5 Å². The lowest BCUT2D eigenvalue weighted by Crippen LogP contribution is -2.53. The number of hydrogen-bond donors (Lipinski definition) is 0. The van der Waals surface area contributed by atoms with Crippen LogP contribution in [-0.4, -0.2) is 91.0 Å². The number of aryl methyl sites for hydroxylation is 1. The highest BCUT2D eigenvalue weighted by Crippen LogP contribution is 2.16. The molecule has 0 aromatic heterocycles. The average Bonchev–Trinajstić information content (AvgIpc) is 2.82. The summed E-state index contributed by atoms with van der Waals surface area (Å²) in [6.07, 6.45) is 1.08. The van der Waals surface area contributed by atoms with Gasteiger partial charge in [0.25, 0.3) is 0 Å². The molecule has 4 rings (SSSR count). The number of amides is 1. The van der Waals surface area contributed by atoms with Crippen LogP contribution in [0.15, 0.2) is 48.5 Å². The van der Waals surface area contributed by atoms with Crippen molar-refractivity contribution >= 4 is 5.91 Å². The average molecular weight is 439 g/mol. The van der Waals surface area contributed by atoms with Gasteiger partial charge in [0.2, 0.25) is 5.91 Å². The third kappa shape index (κ3) is 6.15. The van der Waals surface area contributed by atoms with Crippen molar-refractivity contribution in [1.29, 1.82) is 0 Å². The highest BCUT2D eigenvalue weighted by molar-refractivity contribution is 5.78. The van der Waals surface area contributed by atoms with Crippen LogP contribution in [0, 0.1) is 12.7 Å². The predicted octanol–water partition coefficient (Wildman–Crippen LogP) is 2.64. The van der Waals surface area contributed by atoms with Gasteiger partial charge in [-0.1, -0.05) is 42.5 Å². The molecule has 0 unspecified atom stereocenters. The van der Waals surface area contributed by atoms with Crippen LogP contribution in [0.3, 0.4) is 0 Å². The van der Waals surface area contributed by atoms with Gasteiger partial charge in [-0.15, -0.1) is 0 Å². The minimum atomic E-state index is -0.133. The van der Waals surface area contributed by atoms with E-state index in [1.165, 1.54) is 11.6 Å². The van der Waals surface area contributed by atoms with E-state index in [0.29, 0.717) is 13.1 Å². The number of nitrogens with zero attached hydrogens (tertiary/aromatic N) is 4. The summed E-state index contributed by atoms with van der Waals surface area (Å²) >= 11 is 0. The van der Waals surface area contributed by atoms with Crippen molar-refractivity contribution in [1.82, 2.24) is 19.6 Å². The van der Waals surface area contributed by atoms with Crippen LogP contribution in [0.4, 0.5) is 4.39 Å². The van der Waals surface area contributed by atoms with Gasteiger partial charge in [0.15, 0.2) is 0 Å². The Morgan fingerprint density at radius 1 is 0.812 bits per heavy atom. The van der Waals surface area contributed by atoms with Crippen LogP contribution < -0.4 is 0 Å². The maximum absolute atomic E-state index is 14.1. The number of rotatable bonds is 7. The summed E-state index contributed by atoms with van der Waals surface area (Å²) in [5.74, 6) is 0.0934. The van der Waals surface area contributed by atoms with Crippen LogP contribution in [0.25, 0.3) is 0 Å². The molecule has 0 spiro atoms. The lowest BCUT2D eigenvalue weighted by molar-refractivity contribution is -0.134. The van der Waals surface area contributed by atoms with E-state index < -0.39 is 0 Å². The van der Waals surface area contributed by atoms with E-state index in [1.807, 2.05) is 17.9 Å². The molecule has 2 aromatic rings. The molecule has 32 heavy (non-hydrogen) atoms. The molecule has 2 aromatic carbocycles. The molecule has 2 saturated heterocycles. The molecule has 2 heterocycles. The summed E-state index contributed by atoms with van der Waals surface area (Å²) in [4.78, 5) is 21.8. The molecule has 1 amide bonds. The minimum absolute atomic E-state index is 0.133. The van der Waals surface area contributed by atoms with Crippen LogP contribution in [0.5, 0.6) is 0 Å². The van der Waals surface area contributed by atoms with Crippen LogP contribution in [0.1, 0.15) is 16.7 Å². The molecule has 5 nitrogen and oxygen atoms in total. The lowest BCUT2D eigenvalue weighted by atomic mass is 10.1. The number of carbonyl (C=O) groups is 1. The summed E-state index contributed by atoms with van der Waals surface area (Å²) in [5.41, 5.74) is 3.15. The highest BCUT2D eigenvalue weighted by atomic mass is 19.1. The van der Waals surface area contributed by atoms with Gasteiger partial charge in [-0.05, 0) is 30.5 Å². The van der Waals surface area contributed by atoms with E-state index in [4.69, 9.17) is 0 Å². The van der Waals surface area contributed by atoms with Gasteiger partial charge in [0.05, 0.1) is 6.54 Å². The normalized spacial score (nSPS) is 18.8. The monoisotopic (exact) mass is 438 g/mol. The number of carbonyl (C=O) groups excluding carboxylic acids is 1. The molecule has 0 bridgehead atoms. The van der Waals surface area contributed by atoms with Crippen LogP contribution >= 0.6 is 0 Å². The van der Waals surface area contributed by atoms with Gasteiger partial charge >= 0.3 is 0 Å². The largest absolute Gasteiger partial charge is 0.339 e. The highest BCUT2D eigenvalue weighted by Gasteiger charge is 2.25. The van der Waals surface area contributed by atoms with Crippen molar-refractivity contribution in [3.8, 4) is 0 Å². The molecule has 6 heteroatoms. The first kappa shape index (κ1) is 22.9. The van der Waals surface area contributed by atoms with Gasteiger partial charge < -0.3 is 9.80 Å². The molecule has 2 aliphatic rings. The van der Waals surface area contributed by atoms with E-state index in [2.05, 4.69) is 45.0 Å². The number of piperazine rings is 2. The maximum Gasteiger partial charge on any atom is 0.236 e. The second-order valence-corrected chi connectivity index (χ2v) is 9.05. The SMILES string of the molecule is Cc1cccc(F)c1CN1CCN(C(=O)CN2CCN(CCc3ccccc3)CC2)CC1. The topological polar surface area (TPSA) is 30.0 Å². The number of benzene rings is 2. The smallest absolute Gasteiger partial charge is 0.236 e. The van der Waals surface area contributed by atoms with Gasteiger partial charge in [0, 0.05) is 71.0 Å². The maximum atomic E-state index is 14.1. The molecule has 2 aliphatic heterocycles. The Kier molecular flexibility index (Phi) is 7.90. The molecule has 0 saturated carbocycles. The third-order valence-electron chi connectivity index (χ3n) is 6.84. The molecular weight excluding hydrogens is 403 g/mol. The first-order valence-corrected chi connectivity index (χ1v) is 11.8. The van der Waals surface area contributed by atoms with Crippen molar-refractivity contribution in [2.75, 3.05) is 65.4 Å². The molecule has 2 fully saturated rings.